The molecule has 3 heteroatoms. The predicted molar refractivity (Wildman–Crippen MR) is 77.0 cm³/mol. The van der Waals surface area contributed by atoms with Gasteiger partial charge >= 0.3 is 0 Å². The lowest BCUT2D eigenvalue weighted by Crippen LogP contribution is -2.17. The highest BCUT2D eigenvalue weighted by Crippen LogP contribution is 2.30. The smallest absolute Gasteiger partial charge is 0.0689 e. The Bertz CT molecular complexity index is 641. The first-order valence-electron chi connectivity index (χ1n) is 5.93. The van der Waals surface area contributed by atoms with Crippen molar-refractivity contribution < 1.29 is 0 Å². The van der Waals surface area contributed by atoms with Crippen LogP contribution in [-0.4, -0.2) is 12.0 Å². The molecule has 18 heavy (non-hydrogen) atoms. The number of fused-ring (bicyclic) bond motifs is 1. The van der Waals surface area contributed by atoms with Gasteiger partial charge in [0.25, 0.3) is 0 Å². The summed E-state index contributed by atoms with van der Waals surface area (Å²) in [4.78, 5) is 5.67. The van der Waals surface area contributed by atoms with Crippen LogP contribution < -0.4 is 5.32 Å². The summed E-state index contributed by atoms with van der Waals surface area (Å²) >= 11 is 1.77. The topological polar surface area (TPSA) is 24.9 Å². The fraction of sp³-hybridized carbons (Fsp3) is 0.133. The molecule has 0 radical (unpaired) electrons. The monoisotopic (exact) mass is 254 g/mol. The normalized spacial score (nSPS) is 12.7. The Balaban J connectivity index is 2.18. The summed E-state index contributed by atoms with van der Waals surface area (Å²) in [6.45, 7) is 0. The summed E-state index contributed by atoms with van der Waals surface area (Å²) in [6.07, 6.45) is 3.88. The van der Waals surface area contributed by atoms with Gasteiger partial charge in [-0.25, -0.2) is 0 Å². The molecule has 0 bridgehead atoms. The van der Waals surface area contributed by atoms with Crippen LogP contribution in [0.1, 0.15) is 16.5 Å². The molecule has 1 atom stereocenters. The highest BCUT2D eigenvalue weighted by molar-refractivity contribution is 7.10. The fourth-order valence-electron chi connectivity index (χ4n) is 2.28. The van der Waals surface area contributed by atoms with E-state index in [9.17, 15) is 0 Å². The average molecular weight is 254 g/mol. The van der Waals surface area contributed by atoms with Crippen LogP contribution in [0.15, 0.2) is 54.2 Å². The van der Waals surface area contributed by atoms with E-state index in [1.165, 1.54) is 21.2 Å². The Morgan fingerprint density at radius 3 is 2.78 bits per heavy atom. The predicted octanol–water partition coefficient (Wildman–Crippen LogP) is 3.61. The zero-order valence-electron chi connectivity index (χ0n) is 10.1. The minimum atomic E-state index is 0.212. The number of hydrogen-bond donors (Lipinski definition) is 1. The van der Waals surface area contributed by atoms with Gasteiger partial charge in [-0.05, 0) is 23.9 Å². The van der Waals surface area contributed by atoms with Crippen LogP contribution in [0.2, 0.25) is 0 Å². The van der Waals surface area contributed by atoms with Crippen molar-refractivity contribution in [2.45, 2.75) is 6.04 Å². The molecule has 1 unspecified atom stereocenters. The van der Waals surface area contributed by atoms with Gasteiger partial charge < -0.3 is 5.32 Å². The molecule has 0 amide bonds. The zero-order valence-corrected chi connectivity index (χ0v) is 10.9. The van der Waals surface area contributed by atoms with Gasteiger partial charge in [0.1, 0.15) is 0 Å². The number of nitrogens with one attached hydrogen (secondary N) is 1. The van der Waals surface area contributed by atoms with Crippen LogP contribution in [0.4, 0.5) is 0 Å². The molecule has 0 fully saturated rings. The van der Waals surface area contributed by atoms with E-state index in [4.69, 9.17) is 0 Å². The van der Waals surface area contributed by atoms with Crippen LogP contribution in [0.3, 0.4) is 0 Å². The van der Waals surface area contributed by atoms with Gasteiger partial charge in [0.2, 0.25) is 0 Å². The SMILES string of the molecule is CNC(c1cccs1)c1cncc2ccccc12. The number of nitrogens with zero attached hydrogens (tertiary/aromatic N) is 1. The average Bonchev–Trinajstić information content (AvgIpc) is 2.94. The van der Waals surface area contributed by atoms with Gasteiger partial charge in [-0.2, -0.15) is 0 Å². The van der Waals surface area contributed by atoms with E-state index in [1.807, 2.05) is 25.5 Å². The number of pyridine rings is 1. The molecule has 3 aromatic rings. The first-order chi connectivity index (χ1) is 8.90. The molecule has 0 saturated heterocycles. The fourth-order valence-corrected chi connectivity index (χ4v) is 3.13. The molecular formula is C15H14N2S. The second kappa shape index (κ2) is 4.88. The van der Waals surface area contributed by atoms with E-state index in [2.05, 4.69) is 46.0 Å². The Morgan fingerprint density at radius 2 is 2.00 bits per heavy atom. The van der Waals surface area contributed by atoms with Crippen LogP contribution in [0.25, 0.3) is 10.8 Å². The van der Waals surface area contributed by atoms with Gasteiger partial charge in [0.05, 0.1) is 6.04 Å². The standard InChI is InChI=1S/C15H14N2S/c1-16-15(14-7-4-8-18-14)13-10-17-9-11-5-2-3-6-12(11)13/h2-10,15-16H,1H3. The molecule has 0 aliphatic heterocycles. The van der Waals surface area contributed by atoms with Gasteiger partial charge in [0, 0.05) is 28.2 Å². The summed E-state index contributed by atoms with van der Waals surface area (Å²) in [6, 6.07) is 12.8. The molecule has 0 aliphatic carbocycles. The summed E-state index contributed by atoms with van der Waals surface area (Å²) in [5.41, 5.74) is 1.23. The van der Waals surface area contributed by atoms with Crippen molar-refractivity contribution in [1.82, 2.24) is 10.3 Å². The minimum Gasteiger partial charge on any atom is -0.309 e. The molecule has 0 spiro atoms. The van der Waals surface area contributed by atoms with E-state index in [0.717, 1.165) is 0 Å². The third-order valence-electron chi connectivity index (χ3n) is 3.13. The number of aromatic nitrogens is 1. The van der Waals surface area contributed by atoms with Gasteiger partial charge in [-0.3, -0.25) is 4.98 Å². The third kappa shape index (κ3) is 1.92. The summed E-state index contributed by atoms with van der Waals surface area (Å²) in [5, 5.41) is 7.94. The lowest BCUT2D eigenvalue weighted by atomic mass is 10.0. The number of benzene rings is 1. The summed E-state index contributed by atoms with van der Waals surface area (Å²) < 4.78 is 0. The van der Waals surface area contributed by atoms with E-state index in [0.29, 0.717) is 0 Å². The Kier molecular flexibility index (Phi) is 3.09. The Hall–Kier alpha value is -1.71. The van der Waals surface area contributed by atoms with Crippen molar-refractivity contribution >= 4 is 22.1 Å². The number of thiophene rings is 1. The van der Waals surface area contributed by atoms with Crippen LogP contribution in [-0.2, 0) is 0 Å². The van der Waals surface area contributed by atoms with Crippen LogP contribution >= 0.6 is 11.3 Å². The zero-order chi connectivity index (χ0) is 12.4. The van der Waals surface area contributed by atoms with Crippen molar-refractivity contribution in [3.63, 3.8) is 0 Å². The first-order valence-corrected chi connectivity index (χ1v) is 6.81. The molecule has 1 N–H and O–H groups in total. The van der Waals surface area contributed by atoms with Gasteiger partial charge in [0.15, 0.2) is 0 Å². The molecule has 90 valence electrons. The van der Waals surface area contributed by atoms with E-state index < -0.39 is 0 Å². The number of rotatable bonds is 3. The second-order valence-electron chi connectivity index (χ2n) is 4.19. The van der Waals surface area contributed by atoms with Crippen LogP contribution in [0.5, 0.6) is 0 Å². The van der Waals surface area contributed by atoms with E-state index in [1.54, 1.807) is 11.3 Å². The van der Waals surface area contributed by atoms with Crippen LogP contribution in [0, 0.1) is 0 Å². The molecule has 2 heterocycles. The van der Waals surface area contributed by atoms with Crippen molar-refractivity contribution in [3.8, 4) is 0 Å². The highest BCUT2D eigenvalue weighted by Gasteiger charge is 2.15. The first kappa shape index (κ1) is 11.4. The second-order valence-corrected chi connectivity index (χ2v) is 5.17. The van der Waals surface area contributed by atoms with Crippen molar-refractivity contribution in [2.24, 2.45) is 0 Å². The van der Waals surface area contributed by atoms with Gasteiger partial charge in [-0.15, -0.1) is 11.3 Å². The van der Waals surface area contributed by atoms with Crippen molar-refractivity contribution in [1.29, 1.82) is 0 Å². The third-order valence-corrected chi connectivity index (χ3v) is 4.06. The molecule has 2 nitrogen and oxygen atoms in total. The molecule has 0 saturated carbocycles. The Labute approximate surface area is 110 Å². The number of hydrogen-bond acceptors (Lipinski definition) is 3. The van der Waals surface area contributed by atoms with Gasteiger partial charge in [-0.1, -0.05) is 30.3 Å². The largest absolute Gasteiger partial charge is 0.309 e. The van der Waals surface area contributed by atoms with E-state index >= 15 is 0 Å². The highest BCUT2D eigenvalue weighted by atomic mass is 32.1. The molecule has 1 aromatic carbocycles. The molecule has 2 aromatic heterocycles. The Morgan fingerprint density at radius 1 is 1.11 bits per heavy atom. The quantitative estimate of drug-likeness (QED) is 0.772. The van der Waals surface area contributed by atoms with Crippen molar-refractivity contribution in [3.05, 3.63) is 64.6 Å². The molecule has 0 aliphatic rings. The molecule has 3 rings (SSSR count). The minimum absolute atomic E-state index is 0.212. The van der Waals surface area contributed by atoms with E-state index in [-0.39, 0.29) is 6.04 Å². The summed E-state index contributed by atoms with van der Waals surface area (Å²) in [7, 11) is 1.99. The summed E-state index contributed by atoms with van der Waals surface area (Å²) in [5.74, 6) is 0. The lowest BCUT2D eigenvalue weighted by molar-refractivity contribution is 0.706. The maximum absolute atomic E-state index is 4.36. The maximum Gasteiger partial charge on any atom is 0.0689 e. The molecular weight excluding hydrogens is 240 g/mol. The lowest BCUT2D eigenvalue weighted by Gasteiger charge is -2.16. The van der Waals surface area contributed by atoms with Crippen molar-refractivity contribution in [2.75, 3.05) is 7.05 Å². The maximum atomic E-state index is 4.36.